The number of anilines is 1. The van der Waals surface area contributed by atoms with Crippen LogP contribution in [0, 0.1) is 5.21 Å². The highest BCUT2D eigenvalue weighted by Gasteiger charge is 2.32. The van der Waals surface area contributed by atoms with Crippen molar-refractivity contribution in [3.05, 3.63) is 46.5 Å². The number of hydrogen-bond acceptors (Lipinski definition) is 7. The van der Waals surface area contributed by atoms with Crippen molar-refractivity contribution in [1.29, 1.82) is 0 Å². The van der Waals surface area contributed by atoms with Gasteiger partial charge >= 0.3 is 0 Å². The second-order valence-corrected chi connectivity index (χ2v) is 9.61. The lowest BCUT2D eigenvalue weighted by molar-refractivity contribution is -0.577. The smallest absolute Gasteiger partial charge is 0.243 e. The van der Waals surface area contributed by atoms with Crippen LogP contribution in [0.2, 0.25) is 5.02 Å². The van der Waals surface area contributed by atoms with Gasteiger partial charge in [-0.2, -0.15) is 4.73 Å². The van der Waals surface area contributed by atoms with Crippen LogP contribution in [-0.2, 0) is 0 Å². The number of pyridine rings is 2. The largest absolute Gasteiger partial charge is 0.618 e. The lowest BCUT2D eigenvalue weighted by atomic mass is 10.2. The summed E-state index contributed by atoms with van der Waals surface area (Å²) < 4.78 is 0.820. The number of halogens is 1. The first kappa shape index (κ1) is 19.1. The Bertz CT molecular complexity index is 1320. The van der Waals surface area contributed by atoms with E-state index in [-0.39, 0.29) is 6.04 Å². The number of fused-ring (bicyclic) bond motifs is 2. The minimum Gasteiger partial charge on any atom is -0.618 e. The molecular weight excluding hydrogens is 434 g/mol. The molecule has 158 valence electrons. The van der Waals surface area contributed by atoms with Crippen molar-refractivity contribution in [2.24, 2.45) is 5.73 Å². The Morgan fingerprint density at radius 2 is 2.16 bits per heavy atom. The summed E-state index contributed by atoms with van der Waals surface area (Å²) in [6, 6.07) is 5.44. The van der Waals surface area contributed by atoms with E-state index in [0.29, 0.717) is 22.1 Å². The highest BCUT2D eigenvalue weighted by molar-refractivity contribution is 7.99. The van der Waals surface area contributed by atoms with Crippen LogP contribution in [0.25, 0.3) is 22.1 Å². The summed E-state index contributed by atoms with van der Waals surface area (Å²) in [5.41, 5.74) is 9.12. The summed E-state index contributed by atoms with van der Waals surface area (Å²) >= 11 is 8.16. The van der Waals surface area contributed by atoms with Gasteiger partial charge in [0.05, 0.1) is 10.4 Å². The number of nitrogens with one attached hydrogen (secondary N) is 1. The lowest BCUT2D eigenvalue weighted by Crippen LogP contribution is -2.27. The van der Waals surface area contributed by atoms with Crippen molar-refractivity contribution in [1.82, 2.24) is 19.9 Å². The molecule has 2 aliphatic rings. The van der Waals surface area contributed by atoms with Crippen molar-refractivity contribution in [2.45, 2.75) is 41.3 Å². The number of hydrogen-bond donors (Lipinski definition) is 2. The summed E-state index contributed by atoms with van der Waals surface area (Å²) in [6.07, 6.45) is 6.41. The minimum absolute atomic E-state index is 0.124. The molecule has 0 amide bonds. The molecule has 0 bridgehead atoms. The average Bonchev–Trinajstić information content (AvgIpc) is 3.43. The lowest BCUT2D eigenvalue weighted by Gasteiger charge is -2.18. The molecule has 1 saturated heterocycles. The maximum atomic E-state index is 12.1. The molecule has 1 saturated carbocycles. The van der Waals surface area contributed by atoms with Crippen LogP contribution in [-0.4, -0.2) is 39.1 Å². The normalized spacial score (nSPS) is 19.0. The van der Waals surface area contributed by atoms with Gasteiger partial charge in [-0.1, -0.05) is 11.6 Å². The van der Waals surface area contributed by atoms with Gasteiger partial charge in [0.25, 0.3) is 0 Å². The van der Waals surface area contributed by atoms with Crippen molar-refractivity contribution >= 4 is 51.2 Å². The SMILES string of the molecule is N[C@H]1CCN(c2nc(Sc3cnc4ccc[n+]([O-])c4c3)nc3[nH]c(C4CC4)c(Cl)c23)C1. The topological polar surface area (TPSA) is 111 Å². The third kappa shape index (κ3) is 3.37. The summed E-state index contributed by atoms with van der Waals surface area (Å²) in [5, 5.41) is 14.3. The number of H-pyrrole nitrogens is 1. The Morgan fingerprint density at radius 3 is 2.94 bits per heavy atom. The molecule has 0 radical (unpaired) electrons. The number of nitrogens with zero attached hydrogens (tertiary/aromatic N) is 5. The number of rotatable bonds is 4. The molecule has 4 aromatic rings. The first-order valence-electron chi connectivity index (χ1n) is 10.3. The van der Waals surface area contributed by atoms with Crippen molar-refractivity contribution < 1.29 is 4.73 Å². The Labute approximate surface area is 187 Å². The molecule has 5 heterocycles. The Morgan fingerprint density at radius 1 is 1.29 bits per heavy atom. The van der Waals surface area contributed by atoms with Crippen LogP contribution in [0.3, 0.4) is 0 Å². The summed E-state index contributed by atoms with van der Waals surface area (Å²) in [5.74, 6) is 1.30. The van der Waals surface area contributed by atoms with E-state index in [9.17, 15) is 5.21 Å². The van der Waals surface area contributed by atoms with Crippen LogP contribution in [0.15, 0.2) is 40.6 Å². The van der Waals surface area contributed by atoms with Crippen LogP contribution in [0.1, 0.15) is 30.9 Å². The van der Waals surface area contributed by atoms with E-state index in [0.717, 1.165) is 69.5 Å². The van der Waals surface area contributed by atoms with Gasteiger partial charge in [-0.3, -0.25) is 0 Å². The van der Waals surface area contributed by atoms with Gasteiger partial charge in [0.2, 0.25) is 5.52 Å². The highest BCUT2D eigenvalue weighted by Crippen LogP contribution is 2.47. The molecule has 3 N–H and O–H groups in total. The second-order valence-electron chi connectivity index (χ2n) is 8.19. The van der Waals surface area contributed by atoms with E-state index in [1.165, 1.54) is 18.0 Å². The maximum Gasteiger partial charge on any atom is 0.243 e. The molecule has 1 aliphatic carbocycles. The molecule has 1 aliphatic heterocycles. The monoisotopic (exact) mass is 453 g/mol. The van der Waals surface area contributed by atoms with E-state index < -0.39 is 0 Å². The standard InChI is InChI=1S/C21H20ClN7OS/c22-17-16-19(25-18(17)11-3-4-11)26-21(27-20(16)28-7-5-12(23)10-28)31-13-8-15-14(24-9-13)2-1-6-29(15)30/h1-2,6,8-9,11-12H,3-5,7,10,23H2,(H,25,26,27)/t12-/m0/s1. The van der Waals surface area contributed by atoms with Gasteiger partial charge < -0.3 is 20.8 Å². The molecule has 0 spiro atoms. The zero-order chi connectivity index (χ0) is 21.1. The molecule has 1 atom stereocenters. The predicted molar refractivity (Wildman–Crippen MR) is 121 cm³/mol. The third-order valence-corrected chi connectivity index (χ3v) is 7.10. The molecule has 2 fully saturated rings. The quantitative estimate of drug-likeness (QED) is 0.277. The summed E-state index contributed by atoms with van der Waals surface area (Å²) in [6.45, 7) is 1.58. The Balaban J connectivity index is 1.45. The zero-order valence-electron chi connectivity index (χ0n) is 16.6. The Hall–Kier alpha value is -2.62. The molecular formula is C21H20ClN7OS. The van der Waals surface area contributed by atoms with Crippen LogP contribution in [0.5, 0.6) is 0 Å². The first-order valence-corrected chi connectivity index (χ1v) is 11.5. The second kappa shape index (κ2) is 7.22. The fourth-order valence-corrected chi connectivity index (χ4v) is 5.28. The Kier molecular flexibility index (Phi) is 4.45. The molecule has 10 heteroatoms. The van der Waals surface area contributed by atoms with E-state index in [1.807, 2.05) is 12.1 Å². The molecule has 8 nitrogen and oxygen atoms in total. The number of nitrogens with two attached hydrogens (primary N) is 1. The van der Waals surface area contributed by atoms with Gasteiger partial charge in [-0.05, 0) is 37.1 Å². The third-order valence-electron chi connectivity index (χ3n) is 5.88. The molecule has 4 aromatic heterocycles. The summed E-state index contributed by atoms with van der Waals surface area (Å²) in [4.78, 5) is 20.5. The van der Waals surface area contributed by atoms with Gasteiger partial charge in [0, 0.05) is 54.0 Å². The van der Waals surface area contributed by atoms with Gasteiger partial charge in [0.15, 0.2) is 11.4 Å². The van der Waals surface area contributed by atoms with E-state index in [2.05, 4.69) is 14.9 Å². The van der Waals surface area contributed by atoms with Crippen molar-refractivity contribution in [3.8, 4) is 0 Å². The number of aromatic amines is 1. The van der Waals surface area contributed by atoms with Crippen molar-refractivity contribution in [2.75, 3.05) is 18.0 Å². The highest BCUT2D eigenvalue weighted by atomic mass is 35.5. The van der Waals surface area contributed by atoms with Crippen LogP contribution >= 0.6 is 23.4 Å². The zero-order valence-corrected chi connectivity index (χ0v) is 18.2. The molecule has 6 rings (SSSR count). The average molecular weight is 454 g/mol. The predicted octanol–water partition coefficient (Wildman–Crippen LogP) is 3.36. The first-order chi connectivity index (χ1) is 15.1. The van der Waals surface area contributed by atoms with E-state index >= 15 is 0 Å². The molecule has 31 heavy (non-hydrogen) atoms. The fraction of sp³-hybridized carbons (Fsp3) is 0.333. The van der Waals surface area contributed by atoms with E-state index in [1.54, 1.807) is 12.3 Å². The fourth-order valence-electron chi connectivity index (χ4n) is 4.15. The van der Waals surface area contributed by atoms with E-state index in [4.69, 9.17) is 27.3 Å². The van der Waals surface area contributed by atoms with Gasteiger partial charge in [0.1, 0.15) is 17.0 Å². The maximum absolute atomic E-state index is 12.1. The molecule has 0 unspecified atom stereocenters. The van der Waals surface area contributed by atoms with Gasteiger partial charge in [-0.25, -0.2) is 15.0 Å². The van der Waals surface area contributed by atoms with Crippen molar-refractivity contribution in [3.63, 3.8) is 0 Å². The van der Waals surface area contributed by atoms with Crippen LogP contribution < -0.4 is 15.4 Å². The van der Waals surface area contributed by atoms with Crippen LogP contribution in [0.4, 0.5) is 5.82 Å². The van der Waals surface area contributed by atoms with Gasteiger partial charge in [-0.15, -0.1) is 0 Å². The molecule has 0 aromatic carbocycles. The number of aromatic nitrogens is 5. The minimum atomic E-state index is 0.124. The summed E-state index contributed by atoms with van der Waals surface area (Å²) in [7, 11) is 0.